The quantitative estimate of drug-likeness (QED) is 0.466. The van der Waals surface area contributed by atoms with Gasteiger partial charge in [0.1, 0.15) is 18.5 Å². The van der Waals surface area contributed by atoms with Crippen molar-refractivity contribution in [1.29, 1.82) is 0 Å². The Morgan fingerprint density at radius 3 is 2.74 bits per heavy atom. The SMILES string of the molecule is CCCN=C1S/C(=C\c2ccc(OCC(O)C=O)c(Cl)c2)C(=O)N1c1ccccc1C. The molecule has 162 valence electrons. The second-order valence-electron chi connectivity index (χ2n) is 6.91. The number of carbonyl (C=O) groups is 2. The fraction of sp³-hybridized carbons (Fsp3) is 0.261. The molecule has 1 unspecified atom stereocenters. The van der Waals surface area contributed by atoms with Crippen LogP contribution < -0.4 is 9.64 Å². The number of ether oxygens (including phenoxy) is 1. The van der Waals surface area contributed by atoms with Gasteiger partial charge in [0.2, 0.25) is 0 Å². The number of aldehydes is 1. The van der Waals surface area contributed by atoms with E-state index in [1.165, 1.54) is 11.8 Å². The molecular formula is C23H23ClN2O4S. The summed E-state index contributed by atoms with van der Waals surface area (Å²) in [5, 5.41) is 10.3. The highest BCUT2D eigenvalue weighted by Gasteiger charge is 2.35. The monoisotopic (exact) mass is 458 g/mol. The number of para-hydroxylation sites is 1. The topological polar surface area (TPSA) is 79.2 Å². The number of aliphatic hydroxyl groups excluding tert-OH is 1. The number of aliphatic imine (C=N–C) groups is 1. The number of carbonyl (C=O) groups excluding carboxylic acids is 2. The zero-order chi connectivity index (χ0) is 22.4. The molecule has 1 heterocycles. The Kier molecular flexibility index (Phi) is 7.90. The van der Waals surface area contributed by atoms with Crippen LogP contribution in [-0.2, 0) is 9.59 Å². The largest absolute Gasteiger partial charge is 0.489 e. The molecule has 1 aliphatic rings. The fourth-order valence-corrected chi connectivity index (χ4v) is 4.15. The van der Waals surface area contributed by atoms with Crippen LogP contribution in [0.1, 0.15) is 24.5 Å². The fourth-order valence-electron chi connectivity index (χ4n) is 2.90. The Bertz CT molecular complexity index is 1040. The molecule has 0 aliphatic carbocycles. The number of aliphatic hydroxyl groups is 1. The predicted molar refractivity (Wildman–Crippen MR) is 126 cm³/mol. The maximum atomic E-state index is 13.2. The zero-order valence-corrected chi connectivity index (χ0v) is 18.8. The number of nitrogens with zero attached hydrogens (tertiary/aromatic N) is 2. The third kappa shape index (κ3) is 5.55. The van der Waals surface area contributed by atoms with E-state index >= 15 is 0 Å². The van der Waals surface area contributed by atoms with Crippen LogP contribution in [0.15, 0.2) is 52.4 Å². The maximum absolute atomic E-state index is 13.2. The Labute approximate surface area is 190 Å². The number of benzene rings is 2. The average molecular weight is 459 g/mol. The molecule has 1 aliphatic heterocycles. The van der Waals surface area contributed by atoms with Crippen LogP contribution in [0.4, 0.5) is 5.69 Å². The number of rotatable bonds is 8. The smallest absolute Gasteiger partial charge is 0.271 e. The van der Waals surface area contributed by atoms with Crippen molar-refractivity contribution in [1.82, 2.24) is 0 Å². The molecule has 1 N–H and O–H groups in total. The van der Waals surface area contributed by atoms with E-state index in [0.29, 0.717) is 33.7 Å². The van der Waals surface area contributed by atoms with E-state index in [9.17, 15) is 14.7 Å². The molecule has 0 saturated carbocycles. The highest BCUT2D eigenvalue weighted by atomic mass is 35.5. The van der Waals surface area contributed by atoms with Crippen LogP contribution in [0.3, 0.4) is 0 Å². The van der Waals surface area contributed by atoms with Crippen molar-refractivity contribution in [2.75, 3.05) is 18.1 Å². The first kappa shape index (κ1) is 23.1. The van der Waals surface area contributed by atoms with Crippen molar-refractivity contribution in [3.05, 3.63) is 63.5 Å². The average Bonchev–Trinajstić information content (AvgIpc) is 3.06. The summed E-state index contributed by atoms with van der Waals surface area (Å²) in [6.45, 7) is 4.46. The van der Waals surface area contributed by atoms with Gasteiger partial charge in [-0.3, -0.25) is 14.7 Å². The molecule has 0 spiro atoms. The third-order valence-corrected chi connectivity index (χ3v) is 5.76. The summed E-state index contributed by atoms with van der Waals surface area (Å²) >= 11 is 7.60. The first-order valence-electron chi connectivity index (χ1n) is 9.84. The van der Waals surface area contributed by atoms with E-state index in [1.807, 2.05) is 38.1 Å². The van der Waals surface area contributed by atoms with Crippen LogP contribution >= 0.6 is 23.4 Å². The Morgan fingerprint density at radius 1 is 1.29 bits per heavy atom. The molecule has 1 atom stereocenters. The molecule has 1 saturated heterocycles. The van der Waals surface area contributed by atoms with Crippen molar-refractivity contribution in [3.8, 4) is 5.75 Å². The van der Waals surface area contributed by atoms with Gasteiger partial charge in [0.25, 0.3) is 5.91 Å². The Hall–Kier alpha value is -2.61. The van der Waals surface area contributed by atoms with Crippen LogP contribution in [0.25, 0.3) is 6.08 Å². The van der Waals surface area contributed by atoms with Gasteiger partial charge in [0, 0.05) is 6.54 Å². The van der Waals surface area contributed by atoms with Gasteiger partial charge in [-0.05, 0) is 60.5 Å². The van der Waals surface area contributed by atoms with Gasteiger partial charge >= 0.3 is 0 Å². The van der Waals surface area contributed by atoms with E-state index < -0.39 is 6.10 Å². The molecule has 1 amide bonds. The van der Waals surface area contributed by atoms with Crippen LogP contribution in [0, 0.1) is 6.92 Å². The molecule has 3 rings (SSSR count). The molecule has 0 bridgehead atoms. The maximum Gasteiger partial charge on any atom is 0.271 e. The molecule has 8 heteroatoms. The predicted octanol–water partition coefficient (Wildman–Crippen LogP) is 4.47. The second kappa shape index (κ2) is 10.6. The first-order valence-corrected chi connectivity index (χ1v) is 11.0. The standard InChI is InChI=1S/C23H23ClN2O4S/c1-3-10-25-23-26(19-7-5-4-6-15(19)2)22(29)21(31-23)12-16-8-9-20(18(24)11-16)30-14-17(28)13-27/h4-9,11-13,17,28H,3,10,14H2,1-2H3/b21-12-,25-23?. The number of hydrogen-bond donors (Lipinski definition) is 1. The minimum Gasteiger partial charge on any atom is -0.489 e. The number of thioether (sulfide) groups is 1. The summed E-state index contributed by atoms with van der Waals surface area (Å²) < 4.78 is 5.35. The van der Waals surface area contributed by atoms with E-state index in [0.717, 1.165) is 23.2 Å². The lowest BCUT2D eigenvalue weighted by Crippen LogP contribution is -2.29. The Morgan fingerprint density at radius 2 is 2.06 bits per heavy atom. The second-order valence-corrected chi connectivity index (χ2v) is 8.32. The number of halogens is 1. The normalized spacial score (nSPS) is 17.4. The lowest BCUT2D eigenvalue weighted by molar-refractivity contribution is -0.116. The summed E-state index contributed by atoms with van der Waals surface area (Å²) in [6, 6.07) is 12.8. The molecule has 6 nitrogen and oxygen atoms in total. The van der Waals surface area contributed by atoms with Crippen LogP contribution in [0.5, 0.6) is 5.75 Å². The van der Waals surface area contributed by atoms with Gasteiger partial charge in [0.15, 0.2) is 11.5 Å². The van der Waals surface area contributed by atoms with Gasteiger partial charge in [-0.15, -0.1) is 0 Å². The number of hydrogen-bond acceptors (Lipinski definition) is 6. The Balaban J connectivity index is 1.88. The van der Waals surface area contributed by atoms with Crippen molar-refractivity contribution in [2.24, 2.45) is 4.99 Å². The number of amidine groups is 1. The zero-order valence-electron chi connectivity index (χ0n) is 17.2. The van der Waals surface area contributed by atoms with Crippen molar-refractivity contribution in [3.63, 3.8) is 0 Å². The summed E-state index contributed by atoms with van der Waals surface area (Å²) in [7, 11) is 0. The van der Waals surface area contributed by atoms with Crippen molar-refractivity contribution in [2.45, 2.75) is 26.4 Å². The lowest BCUT2D eigenvalue weighted by atomic mass is 10.1. The molecule has 1 fully saturated rings. The van der Waals surface area contributed by atoms with Gasteiger partial charge in [0.05, 0.1) is 15.6 Å². The van der Waals surface area contributed by atoms with Crippen molar-refractivity contribution >= 4 is 52.5 Å². The molecule has 31 heavy (non-hydrogen) atoms. The summed E-state index contributed by atoms with van der Waals surface area (Å²) in [5.74, 6) is 0.210. The van der Waals surface area contributed by atoms with Gasteiger partial charge in [-0.1, -0.05) is 42.8 Å². The minimum atomic E-state index is -1.21. The van der Waals surface area contributed by atoms with E-state index in [4.69, 9.17) is 16.3 Å². The van der Waals surface area contributed by atoms with Gasteiger partial charge in [-0.2, -0.15) is 0 Å². The molecule has 2 aromatic rings. The highest BCUT2D eigenvalue weighted by Crippen LogP contribution is 2.38. The molecule has 0 aromatic heterocycles. The van der Waals surface area contributed by atoms with Crippen molar-refractivity contribution < 1.29 is 19.4 Å². The number of amides is 1. The first-order chi connectivity index (χ1) is 14.9. The highest BCUT2D eigenvalue weighted by molar-refractivity contribution is 8.19. The van der Waals surface area contributed by atoms with Crippen LogP contribution in [0.2, 0.25) is 5.02 Å². The van der Waals surface area contributed by atoms with E-state index in [1.54, 1.807) is 29.2 Å². The molecule has 0 radical (unpaired) electrons. The summed E-state index contributed by atoms with van der Waals surface area (Å²) in [5.41, 5.74) is 2.53. The lowest BCUT2D eigenvalue weighted by Gasteiger charge is -2.18. The third-order valence-electron chi connectivity index (χ3n) is 4.45. The van der Waals surface area contributed by atoms with E-state index in [-0.39, 0.29) is 12.5 Å². The van der Waals surface area contributed by atoms with E-state index in [2.05, 4.69) is 4.99 Å². The molecule has 2 aromatic carbocycles. The number of anilines is 1. The summed E-state index contributed by atoms with van der Waals surface area (Å²) in [4.78, 5) is 30.6. The van der Waals surface area contributed by atoms with Crippen LogP contribution in [-0.4, -0.2) is 41.7 Å². The van der Waals surface area contributed by atoms with Gasteiger partial charge in [-0.25, -0.2) is 0 Å². The summed E-state index contributed by atoms with van der Waals surface area (Å²) in [6.07, 6.45) is 1.84. The van der Waals surface area contributed by atoms with Gasteiger partial charge < -0.3 is 14.6 Å². The minimum absolute atomic E-state index is 0.139. The number of aryl methyl sites for hydroxylation is 1. The molecular weight excluding hydrogens is 436 g/mol.